The average molecular weight is 482 g/mol. The van der Waals surface area contributed by atoms with Crippen molar-refractivity contribution in [1.82, 2.24) is 0 Å². The zero-order valence-corrected chi connectivity index (χ0v) is 18.5. The van der Waals surface area contributed by atoms with Crippen molar-refractivity contribution in [2.75, 3.05) is 5.32 Å². The number of carbonyl (C=O) groups is 1. The van der Waals surface area contributed by atoms with Crippen LogP contribution in [0.4, 0.5) is 5.69 Å². The summed E-state index contributed by atoms with van der Waals surface area (Å²) in [5, 5.41) is 12.8. The van der Waals surface area contributed by atoms with Gasteiger partial charge in [-0.25, -0.2) is 0 Å². The lowest BCUT2D eigenvalue weighted by Gasteiger charge is -2.10. The Morgan fingerprint density at radius 1 is 1.17 bits per heavy atom. The van der Waals surface area contributed by atoms with Crippen molar-refractivity contribution in [2.24, 2.45) is 0 Å². The molecule has 0 aromatic heterocycles. The maximum Gasteiger partial charge on any atom is 0.266 e. The highest BCUT2D eigenvalue weighted by Gasteiger charge is 2.12. The van der Waals surface area contributed by atoms with E-state index in [-0.39, 0.29) is 5.57 Å². The summed E-state index contributed by atoms with van der Waals surface area (Å²) in [5.41, 5.74) is 3.18. The van der Waals surface area contributed by atoms with Crippen molar-refractivity contribution < 1.29 is 9.53 Å². The van der Waals surface area contributed by atoms with Crippen LogP contribution in [0, 0.1) is 18.3 Å². The molecule has 0 aliphatic rings. The average Bonchev–Trinajstić information content (AvgIpc) is 2.74. The molecule has 0 fully saturated rings. The molecule has 30 heavy (non-hydrogen) atoms. The molecule has 0 atom stereocenters. The van der Waals surface area contributed by atoms with Crippen LogP contribution in [0.15, 0.2) is 76.8 Å². The first-order valence-corrected chi connectivity index (χ1v) is 10.3. The molecule has 4 nitrogen and oxygen atoms in total. The Balaban J connectivity index is 1.72. The quantitative estimate of drug-likeness (QED) is 0.321. The number of carbonyl (C=O) groups excluding carboxylic acids is 1. The number of nitriles is 1. The van der Waals surface area contributed by atoms with Crippen LogP contribution in [-0.4, -0.2) is 5.91 Å². The SMILES string of the molecule is Cc1cc(Cl)ccc1NC(=O)/C(C#N)=C/c1ccc(OCc2ccccc2)c(Br)c1. The Labute approximate surface area is 188 Å². The highest BCUT2D eigenvalue weighted by molar-refractivity contribution is 9.10. The van der Waals surface area contributed by atoms with Gasteiger partial charge in [0.1, 0.15) is 24.0 Å². The highest BCUT2D eigenvalue weighted by atomic mass is 79.9. The standard InChI is InChI=1S/C24H18BrClN2O2/c1-16-11-20(26)8-9-22(16)28-24(29)19(14-27)12-18-7-10-23(21(25)13-18)30-15-17-5-3-2-4-6-17/h2-13H,15H2,1H3,(H,28,29)/b19-12+. The van der Waals surface area contributed by atoms with E-state index in [1.54, 1.807) is 36.4 Å². The van der Waals surface area contributed by atoms with Crippen LogP contribution in [0.2, 0.25) is 5.02 Å². The first-order valence-electron chi connectivity index (χ1n) is 9.12. The third-order valence-electron chi connectivity index (χ3n) is 4.31. The molecule has 150 valence electrons. The second-order valence-corrected chi connectivity index (χ2v) is 7.84. The fraction of sp³-hybridized carbons (Fsp3) is 0.0833. The molecule has 0 aliphatic carbocycles. The van der Waals surface area contributed by atoms with E-state index in [0.29, 0.717) is 28.6 Å². The molecule has 0 heterocycles. The van der Waals surface area contributed by atoms with E-state index in [1.807, 2.05) is 43.3 Å². The molecule has 0 aliphatic heterocycles. The number of hydrogen-bond donors (Lipinski definition) is 1. The van der Waals surface area contributed by atoms with E-state index in [2.05, 4.69) is 21.2 Å². The minimum absolute atomic E-state index is 0.00537. The van der Waals surface area contributed by atoms with E-state index in [4.69, 9.17) is 16.3 Å². The predicted octanol–water partition coefficient (Wildman–Crippen LogP) is 6.54. The van der Waals surface area contributed by atoms with E-state index in [9.17, 15) is 10.1 Å². The van der Waals surface area contributed by atoms with Crippen molar-refractivity contribution in [1.29, 1.82) is 5.26 Å². The summed E-state index contributed by atoms with van der Waals surface area (Å²) in [7, 11) is 0. The largest absolute Gasteiger partial charge is 0.488 e. The van der Waals surface area contributed by atoms with Crippen molar-refractivity contribution >= 4 is 45.2 Å². The van der Waals surface area contributed by atoms with Crippen molar-refractivity contribution in [3.63, 3.8) is 0 Å². The number of aryl methyl sites for hydroxylation is 1. The number of halogens is 2. The minimum atomic E-state index is -0.483. The normalized spacial score (nSPS) is 10.9. The number of benzene rings is 3. The highest BCUT2D eigenvalue weighted by Crippen LogP contribution is 2.28. The van der Waals surface area contributed by atoms with Gasteiger partial charge in [0.2, 0.25) is 0 Å². The van der Waals surface area contributed by atoms with Crippen molar-refractivity contribution in [2.45, 2.75) is 13.5 Å². The van der Waals surface area contributed by atoms with Gasteiger partial charge < -0.3 is 10.1 Å². The first kappa shape index (κ1) is 21.6. The summed E-state index contributed by atoms with van der Waals surface area (Å²) < 4.78 is 6.57. The smallest absolute Gasteiger partial charge is 0.266 e. The predicted molar refractivity (Wildman–Crippen MR) is 123 cm³/mol. The maximum atomic E-state index is 12.5. The van der Waals surface area contributed by atoms with Crippen molar-refractivity contribution in [3.05, 3.63) is 98.5 Å². The molecular weight excluding hydrogens is 464 g/mol. The zero-order valence-electron chi connectivity index (χ0n) is 16.2. The molecule has 0 unspecified atom stereocenters. The van der Waals surface area contributed by atoms with Crippen molar-refractivity contribution in [3.8, 4) is 11.8 Å². The van der Waals surface area contributed by atoms with E-state index < -0.39 is 5.91 Å². The summed E-state index contributed by atoms with van der Waals surface area (Å²) in [5.74, 6) is 0.194. The third-order valence-corrected chi connectivity index (χ3v) is 5.16. The van der Waals surface area contributed by atoms with Gasteiger partial charge in [0, 0.05) is 10.7 Å². The molecule has 0 bridgehead atoms. The van der Waals surface area contributed by atoms with Gasteiger partial charge in [0.25, 0.3) is 5.91 Å². The summed E-state index contributed by atoms with van der Waals surface area (Å²) in [6.45, 7) is 2.28. The Kier molecular flexibility index (Phi) is 7.29. The van der Waals surface area contributed by atoms with Gasteiger partial charge in [-0.2, -0.15) is 5.26 Å². The lowest BCUT2D eigenvalue weighted by molar-refractivity contribution is -0.112. The Morgan fingerprint density at radius 2 is 1.93 bits per heavy atom. The summed E-state index contributed by atoms with van der Waals surface area (Å²) in [6, 6.07) is 22.4. The number of ether oxygens (including phenoxy) is 1. The fourth-order valence-corrected chi connectivity index (χ4v) is 3.47. The molecule has 0 spiro atoms. The number of rotatable bonds is 6. The summed E-state index contributed by atoms with van der Waals surface area (Å²) >= 11 is 9.43. The molecule has 3 rings (SSSR count). The molecule has 0 saturated carbocycles. The number of nitrogens with zero attached hydrogens (tertiary/aromatic N) is 1. The molecule has 6 heteroatoms. The van der Waals surface area contributed by atoms with Gasteiger partial charge in [-0.1, -0.05) is 48.0 Å². The number of amides is 1. The van der Waals surface area contributed by atoms with Crippen LogP contribution < -0.4 is 10.1 Å². The summed E-state index contributed by atoms with van der Waals surface area (Å²) in [4.78, 5) is 12.5. The van der Waals surface area contributed by atoms with Crippen LogP contribution >= 0.6 is 27.5 Å². The third kappa shape index (κ3) is 5.73. The van der Waals surface area contributed by atoms with Gasteiger partial charge in [-0.3, -0.25) is 4.79 Å². The second-order valence-electron chi connectivity index (χ2n) is 6.55. The van der Waals surface area contributed by atoms with Gasteiger partial charge in [0.05, 0.1) is 4.47 Å². The van der Waals surface area contributed by atoms with E-state index in [0.717, 1.165) is 15.6 Å². The van der Waals surface area contributed by atoms with Gasteiger partial charge in [-0.05, 0) is 76.0 Å². The molecule has 1 N–H and O–H groups in total. The Hall–Kier alpha value is -3.07. The Bertz CT molecular complexity index is 1140. The van der Waals surface area contributed by atoms with Crippen LogP contribution in [0.25, 0.3) is 6.08 Å². The number of hydrogen-bond acceptors (Lipinski definition) is 3. The zero-order chi connectivity index (χ0) is 21.5. The maximum absolute atomic E-state index is 12.5. The van der Waals surface area contributed by atoms with E-state index >= 15 is 0 Å². The van der Waals surface area contributed by atoms with Gasteiger partial charge in [-0.15, -0.1) is 0 Å². The lowest BCUT2D eigenvalue weighted by Crippen LogP contribution is -2.14. The Morgan fingerprint density at radius 3 is 2.60 bits per heavy atom. The van der Waals surface area contributed by atoms with Gasteiger partial charge in [0.15, 0.2) is 0 Å². The fourth-order valence-electron chi connectivity index (χ4n) is 2.73. The number of nitrogens with one attached hydrogen (secondary N) is 1. The molecule has 3 aromatic rings. The van der Waals surface area contributed by atoms with Crippen LogP contribution in [0.3, 0.4) is 0 Å². The molecule has 1 amide bonds. The number of anilines is 1. The van der Waals surface area contributed by atoms with Gasteiger partial charge >= 0.3 is 0 Å². The van der Waals surface area contributed by atoms with Crippen LogP contribution in [-0.2, 0) is 11.4 Å². The molecular formula is C24H18BrClN2O2. The molecule has 3 aromatic carbocycles. The summed E-state index contributed by atoms with van der Waals surface area (Å²) in [6.07, 6.45) is 1.53. The lowest BCUT2D eigenvalue weighted by atomic mass is 10.1. The van der Waals surface area contributed by atoms with Crippen LogP contribution in [0.5, 0.6) is 5.75 Å². The molecule has 0 saturated heterocycles. The topological polar surface area (TPSA) is 62.1 Å². The van der Waals surface area contributed by atoms with E-state index in [1.165, 1.54) is 6.08 Å². The monoisotopic (exact) mass is 480 g/mol. The minimum Gasteiger partial charge on any atom is -0.488 e. The van der Waals surface area contributed by atoms with Crippen LogP contribution in [0.1, 0.15) is 16.7 Å². The first-order chi connectivity index (χ1) is 14.5. The molecule has 0 radical (unpaired) electrons. The second kappa shape index (κ2) is 10.1.